The van der Waals surface area contributed by atoms with Crippen molar-refractivity contribution >= 4 is 0 Å². The third-order valence-corrected chi connectivity index (χ3v) is 4.63. The van der Waals surface area contributed by atoms with Crippen molar-refractivity contribution < 1.29 is 4.74 Å². The van der Waals surface area contributed by atoms with E-state index in [2.05, 4.69) is 33.0 Å². The van der Waals surface area contributed by atoms with Crippen LogP contribution in [0.2, 0.25) is 0 Å². The molecular weight excluding hydrogens is 222 g/mol. The Labute approximate surface area is 113 Å². The summed E-state index contributed by atoms with van der Waals surface area (Å²) in [5, 5.41) is 3.59. The van der Waals surface area contributed by atoms with E-state index in [1.54, 1.807) is 0 Å². The van der Waals surface area contributed by atoms with E-state index in [1.807, 2.05) is 0 Å². The van der Waals surface area contributed by atoms with Crippen LogP contribution in [0.1, 0.15) is 66.2 Å². The van der Waals surface area contributed by atoms with Gasteiger partial charge in [0.25, 0.3) is 0 Å². The SMILES string of the molecule is CCNC1CCCC1OC1CC(C)CC(C)(C)C1. The minimum Gasteiger partial charge on any atom is -0.373 e. The molecule has 0 heterocycles. The topological polar surface area (TPSA) is 21.3 Å². The monoisotopic (exact) mass is 253 g/mol. The molecule has 0 saturated heterocycles. The lowest BCUT2D eigenvalue weighted by Gasteiger charge is -2.40. The van der Waals surface area contributed by atoms with E-state index in [9.17, 15) is 0 Å². The Bertz CT molecular complexity index is 264. The number of hydrogen-bond acceptors (Lipinski definition) is 2. The molecule has 0 aromatic heterocycles. The zero-order valence-corrected chi connectivity index (χ0v) is 12.7. The first kappa shape index (κ1) is 14.3. The molecular formula is C16H31NO. The van der Waals surface area contributed by atoms with Crippen LogP contribution in [0.25, 0.3) is 0 Å². The molecule has 2 rings (SSSR count). The van der Waals surface area contributed by atoms with E-state index in [0.29, 0.717) is 23.7 Å². The highest BCUT2D eigenvalue weighted by atomic mass is 16.5. The lowest BCUT2D eigenvalue weighted by Crippen LogP contribution is -2.41. The van der Waals surface area contributed by atoms with E-state index in [4.69, 9.17) is 4.74 Å². The van der Waals surface area contributed by atoms with Gasteiger partial charge in [0.1, 0.15) is 0 Å². The molecule has 106 valence electrons. The minimum absolute atomic E-state index is 0.467. The molecule has 0 radical (unpaired) electrons. The van der Waals surface area contributed by atoms with E-state index >= 15 is 0 Å². The second-order valence-electron chi connectivity index (χ2n) is 7.30. The van der Waals surface area contributed by atoms with Gasteiger partial charge in [-0.05, 0) is 56.4 Å². The van der Waals surface area contributed by atoms with Gasteiger partial charge in [0.2, 0.25) is 0 Å². The molecule has 0 aromatic rings. The maximum absolute atomic E-state index is 6.46. The van der Waals surface area contributed by atoms with Crippen molar-refractivity contribution in [2.75, 3.05) is 6.54 Å². The van der Waals surface area contributed by atoms with E-state index in [-0.39, 0.29) is 0 Å². The molecule has 4 atom stereocenters. The fourth-order valence-electron chi connectivity index (χ4n) is 4.19. The van der Waals surface area contributed by atoms with Gasteiger partial charge in [-0.1, -0.05) is 27.7 Å². The molecule has 2 aliphatic rings. The molecule has 1 N–H and O–H groups in total. The Balaban J connectivity index is 1.88. The summed E-state index contributed by atoms with van der Waals surface area (Å²) in [5.41, 5.74) is 0.467. The van der Waals surface area contributed by atoms with Gasteiger partial charge in [0.15, 0.2) is 0 Å². The van der Waals surface area contributed by atoms with Crippen molar-refractivity contribution in [1.29, 1.82) is 0 Å². The number of rotatable bonds is 4. The van der Waals surface area contributed by atoms with E-state index < -0.39 is 0 Å². The summed E-state index contributed by atoms with van der Waals surface area (Å²) in [6.07, 6.45) is 8.70. The first-order valence-corrected chi connectivity index (χ1v) is 7.89. The summed E-state index contributed by atoms with van der Waals surface area (Å²) < 4.78 is 6.46. The average molecular weight is 253 g/mol. The number of hydrogen-bond donors (Lipinski definition) is 1. The minimum atomic E-state index is 0.467. The van der Waals surface area contributed by atoms with Crippen LogP contribution in [0.5, 0.6) is 0 Å². The van der Waals surface area contributed by atoms with Crippen LogP contribution in [-0.4, -0.2) is 24.8 Å². The van der Waals surface area contributed by atoms with Gasteiger partial charge in [-0.25, -0.2) is 0 Å². The standard InChI is InChI=1S/C16H31NO/c1-5-17-14-7-6-8-15(14)18-13-9-12(2)10-16(3,4)11-13/h12-15,17H,5-11H2,1-4H3. The average Bonchev–Trinajstić information content (AvgIpc) is 2.63. The van der Waals surface area contributed by atoms with Gasteiger partial charge in [-0.2, -0.15) is 0 Å². The Morgan fingerprint density at radius 1 is 1.22 bits per heavy atom. The number of likely N-dealkylation sites (N-methyl/N-ethyl adjacent to an activating group) is 1. The summed E-state index contributed by atoms with van der Waals surface area (Å²) in [6.45, 7) is 10.4. The maximum Gasteiger partial charge on any atom is 0.0731 e. The molecule has 0 amide bonds. The molecule has 0 aromatic carbocycles. The quantitative estimate of drug-likeness (QED) is 0.824. The molecule has 0 aliphatic heterocycles. The predicted octanol–water partition coefficient (Wildman–Crippen LogP) is 3.75. The third kappa shape index (κ3) is 3.71. The van der Waals surface area contributed by atoms with Gasteiger partial charge in [-0.3, -0.25) is 0 Å². The fourth-order valence-corrected chi connectivity index (χ4v) is 4.19. The summed E-state index contributed by atoms with van der Waals surface area (Å²) in [7, 11) is 0. The van der Waals surface area contributed by atoms with Crippen LogP contribution in [0.4, 0.5) is 0 Å². The van der Waals surface area contributed by atoms with Crippen LogP contribution in [0, 0.1) is 11.3 Å². The molecule has 2 aliphatic carbocycles. The Kier molecular flexibility index (Phi) is 4.71. The zero-order valence-electron chi connectivity index (χ0n) is 12.7. The molecule has 4 unspecified atom stereocenters. The van der Waals surface area contributed by atoms with Crippen molar-refractivity contribution in [3.8, 4) is 0 Å². The molecule has 2 saturated carbocycles. The Morgan fingerprint density at radius 3 is 2.67 bits per heavy atom. The second kappa shape index (κ2) is 5.92. The highest BCUT2D eigenvalue weighted by Gasteiger charge is 2.36. The molecule has 18 heavy (non-hydrogen) atoms. The van der Waals surface area contributed by atoms with Crippen LogP contribution in [-0.2, 0) is 4.74 Å². The lowest BCUT2D eigenvalue weighted by molar-refractivity contribution is -0.0705. The summed E-state index contributed by atoms with van der Waals surface area (Å²) in [6, 6.07) is 0.607. The fraction of sp³-hybridized carbons (Fsp3) is 1.00. The first-order valence-electron chi connectivity index (χ1n) is 7.89. The first-order chi connectivity index (χ1) is 8.50. The highest BCUT2D eigenvalue weighted by molar-refractivity contribution is 4.88. The van der Waals surface area contributed by atoms with E-state index in [1.165, 1.54) is 38.5 Å². The molecule has 2 fully saturated rings. The highest BCUT2D eigenvalue weighted by Crippen LogP contribution is 2.40. The van der Waals surface area contributed by atoms with Crippen LogP contribution in [0.3, 0.4) is 0 Å². The Hall–Kier alpha value is -0.0800. The van der Waals surface area contributed by atoms with Crippen LogP contribution >= 0.6 is 0 Å². The Morgan fingerprint density at radius 2 is 2.00 bits per heavy atom. The van der Waals surface area contributed by atoms with E-state index in [0.717, 1.165) is 12.5 Å². The lowest BCUT2D eigenvalue weighted by atomic mass is 9.71. The molecule has 2 heteroatoms. The van der Waals surface area contributed by atoms with Gasteiger partial charge in [-0.15, -0.1) is 0 Å². The summed E-state index contributed by atoms with van der Waals surface area (Å²) >= 11 is 0. The van der Waals surface area contributed by atoms with Crippen molar-refractivity contribution in [3.63, 3.8) is 0 Å². The summed E-state index contributed by atoms with van der Waals surface area (Å²) in [5.74, 6) is 0.817. The van der Waals surface area contributed by atoms with Crippen LogP contribution < -0.4 is 5.32 Å². The van der Waals surface area contributed by atoms with Gasteiger partial charge < -0.3 is 10.1 Å². The van der Waals surface area contributed by atoms with Crippen LogP contribution in [0.15, 0.2) is 0 Å². The molecule has 2 nitrogen and oxygen atoms in total. The van der Waals surface area contributed by atoms with Crippen molar-refractivity contribution in [2.24, 2.45) is 11.3 Å². The maximum atomic E-state index is 6.46. The van der Waals surface area contributed by atoms with Gasteiger partial charge in [0, 0.05) is 6.04 Å². The number of ether oxygens (including phenoxy) is 1. The second-order valence-corrected chi connectivity index (χ2v) is 7.30. The smallest absolute Gasteiger partial charge is 0.0731 e. The normalized spacial score (nSPS) is 40.0. The molecule has 0 bridgehead atoms. The third-order valence-electron chi connectivity index (χ3n) is 4.63. The zero-order chi connectivity index (χ0) is 13.2. The van der Waals surface area contributed by atoms with Crippen molar-refractivity contribution in [2.45, 2.75) is 84.5 Å². The van der Waals surface area contributed by atoms with Gasteiger partial charge in [0.05, 0.1) is 12.2 Å². The van der Waals surface area contributed by atoms with Crippen molar-refractivity contribution in [1.82, 2.24) is 5.32 Å². The number of nitrogens with one attached hydrogen (secondary N) is 1. The van der Waals surface area contributed by atoms with Gasteiger partial charge >= 0.3 is 0 Å². The largest absolute Gasteiger partial charge is 0.373 e. The summed E-state index contributed by atoms with van der Waals surface area (Å²) in [4.78, 5) is 0. The van der Waals surface area contributed by atoms with Crippen molar-refractivity contribution in [3.05, 3.63) is 0 Å². The predicted molar refractivity (Wildman–Crippen MR) is 76.8 cm³/mol. The molecule has 0 spiro atoms.